The summed E-state index contributed by atoms with van der Waals surface area (Å²) in [6, 6.07) is 29.3. The molecule has 3 heterocycles. The Labute approximate surface area is 225 Å². The number of benzene rings is 3. The van der Waals surface area contributed by atoms with Crippen molar-refractivity contribution in [2.24, 2.45) is 0 Å². The molecule has 3 aromatic carbocycles. The van der Waals surface area contributed by atoms with Crippen LogP contribution in [0, 0.1) is 0 Å². The molecular formula is C27H18CoN3S3. The predicted octanol–water partition coefficient (Wildman–Crippen LogP) is 6.42. The largest absolute Gasteiger partial charge is 3.00 e. The Kier molecular flexibility index (Phi) is 9.44. The van der Waals surface area contributed by atoms with Gasteiger partial charge in [0.15, 0.2) is 0 Å². The van der Waals surface area contributed by atoms with Gasteiger partial charge in [-0.1, -0.05) is 72.8 Å². The van der Waals surface area contributed by atoms with Crippen LogP contribution >= 0.6 is 0 Å². The maximum atomic E-state index is 5.09. The summed E-state index contributed by atoms with van der Waals surface area (Å²) >= 11 is 15.3. The minimum absolute atomic E-state index is 0. The van der Waals surface area contributed by atoms with Gasteiger partial charge in [-0.2, -0.15) is 0 Å². The quantitative estimate of drug-likeness (QED) is 0.208. The van der Waals surface area contributed by atoms with Crippen LogP contribution in [0.25, 0.3) is 32.7 Å². The average Bonchev–Trinajstić information content (AvgIpc) is 2.86. The molecule has 0 saturated carbocycles. The SMILES string of the molecule is [Co+3].[S-]c1cccc2cccnc12.[S-]c1cccc2cccnc12.[S-]c1cccc2cccnc12. The number of hydrogen-bond acceptors (Lipinski definition) is 6. The predicted molar refractivity (Wildman–Crippen MR) is 142 cm³/mol. The van der Waals surface area contributed by atoms with Gasteiger partial charge in [-0.15, -0.1) is 14.7 Å². The van der Waals surface area contributed by atoms with Crippen LogP contribution in [0.4, 0.5) is 0 Å². The van der Waals surface area contributed by atoms with E-state index in [1.807, 2.05) is 91.0 Å². The van der Waals surface area contributed by atoms with Crippen LogP contribution in [0.5, 0.6) is 0 Å². The van der Waals surface area contributed by atoms with Gasteiger partial charge in [-0.3, -0.25) is 15.0 Å². The number of aromatic nitrogens is 3. The van der Waals surface area contributed by atoms with E-state index in [1.54, 1.807) is 18.6 Å². The minimum Gasteiger partial charge on any atom is -0.778 e. The summed E-state index contributed by atoms with van der Waals surface area (Å²) in [5, 5.41) is 3.33. The first-order valence-electron chi connectivity index (χ1n) is 10.2. The second-order valence-corrected chi connectivity index (χ2v) is 8.31. The Bertz CT molecular complexity index is 1330. The van der Waals surface area contributed by atoms with Gasteiger partial charge in [-0.05, 0) is 34.4 Å². The molecule has 7 heteroatoms. The van der Waals surface area contributed by atoms with Crippen LogP contribution in [-0.2, 0) is 54.7 Å². The molecule has 6 aromatic rings. The molecule has 0 fully saturated rings. The van der Waals surface area contributed by atoms with E-state index in [9.17, 15) is 0 Å². The van der Waals surface area contributed by atoms with Crippen molar-refractivity contribution in [3.63, 3.8) is 0 Å². The average molecular weight is 540 g/mol. The molecule has 0 bridgehead atoms. The van der Waals surface area contributed by atoms with Crippen LogP contribution in [0.2, 0.25) is 0 Å². The van der Waals surface area contributed by atoms with Crippen molar-refractivity contribution < 1.29 is 16.8 Å². The molecule has 6 rings (SSSR count). The van der Waals surface area contributed by atoms with Crippen molar-refractivity contribution in [1.29, 1.82) is 0 Å². The zero-order valence-corrected chi connectivity index (χ0v) is 21.3. The number of hydrogen-bond donors (Lipinski definition) is 0. The van der Waals surface area contributed by atoms with Gasteiger partial charge in [0, 0.05) is 18.6 Å². The van der Waals surface area contributed by atoms with E-state index < -0.39 is 0 Å². The van der Waals surface area contributed by atoms with Gasteiger partial charge in [0.2, 0.25) is 0 Å². The van der Waals surface area contributed by atoms with Crippen LogP contribution in [0.1, 0.15) is 0 Å². The monoisotopic (exact) mass is 539 g/mol. The molecule has 0 radical (unpaired) electrons. The summed E-state index contributed by atoms with van der Waals surface area (Å²) in [5.74, 6) is 0. The molecule has 0 N–H and O–H groups in total. The summed E-state index contributed by atoms with van der Waals surface area (Å²) in [5.41, 5.74) is 2.76. The van der Waals surface area contributed by atoms with Gasteiger partial charge in [0.05, 0.1) is 16.6 Å². The third kappa shape index (κ3) is 6.34. The van der Waals surface area contributed by atoms with Gasteiger partial charge in [-0.25, -0.2) is 0 Å². The first-order chi connectivity index (χ1) is 16.1. The number of rotatable bonds is 0. The Morgan fingerprint density at radius 2 is 0.647 bits per heavy atom. The van der Waals surface area contributed by atoms with Crippen molar-refractivity contribution in [1.82, 2.24) is 15.0 Å². The first-order valence-corrected chi connectivity index (χ1v) is 11.4. The van der Waals surface area contributed by atoms with Gasteiger partial charge < -0.3 is 37.9 Å². The Balaban J connectivity index is 0.000000141. The minimum atomic E-state index is 0. The van der Waals surface area contributed by atoms with E-state index in [4.69, 9.17) is 37.9 Å². The molecule has 0 aliphatic heterocycles. The summed E-state index contributed by atoms with van der Waals surface area (Å²) in [6.07, 6.45) is 5.29. The van der Waals surface area contributed by atoms with Gasteiger partial charge in [0.25, 0.3) is 0 Å². The van der Waals surface area contributed by atoms with Crippen molar-refractivity contribution in [2.75, 3.05) is 0 Å². The first kappa shape index (κ1) is 25.7. The number of para-hydroxylation sites is 3. The molecule has 0 saturated heterocycles. The van der Waals surface area contributed by atoms with Crippen molar-refractivity contribution >= 4 is 70.6 Å². The standard InChI is InChI=1S/3C9H7NS.Co/c3*11-8-5-1-3-7-4-2-6-10-9(7)8;/h3*1-6,11H;/q;;;+3/p-3. The molecule has 0 amide bonds. The van der Waals surface area contributed by atoms with Gasteiger partial charge >= 0.3 is 16.8 Å². The van der Waals surface area contributed by atoms with E-state index in [0.29, 0.717) is 0 Å². The fourth-order valence-electron chi connectivity index (χ4n) is 3.23. The van der Waals surface area contributed by atoms with Crippen molar-refractivity contribution in [3.05, 3.63) is 110 Å². The smallest absolute Gasteiger partial charge is 0.778 e. The number of pyridine rings is 3. The molecule has 34 heavy (non-hydrogen) atoms. The van der Waals surface area contributed by atoms with Crippen molar-refractivity contribution in [2.45, 2.75) is 14.7 Å². The number of fused-ring (bicyclic) bond motifs is 3. The Hall–Kier alpha value is -2.94. The Morgan fingerprint density at radius 1 is 0.382 bits per heavy atom. The summed E-state index contributed by atoms with van der Waals surface area (Å²) in [6.45, 7) is 0. The van der Waals surface area contributed by atoms with E-state index in [2.05, 4.69) is 15.0 Å². The third-order valence-electron chi connectivity index (χ3n) is 4.79. The van der Waals surface area contributed by atoms with Crippen LogP contribution in [0.3, 0.4) is 0 Å². The van der Waals surface area contributed by atoms with Crippen molar-refractivity contribution in [3.8, 4) is 0 Å². The van der Waals surface area contributed by atoms with E-state index in [1.165, 1.54) is 0 Å². The molecule has 0 spiro atoms. The van der Waals surface area contributed by atoms with Crippen LogP contribution in [0.15, 0.2) is 124 Å². The van der Waals surface area contributed by atoms with E-state index >= 15 is 0 Å². The van der Waals surface area contributed by atoms with Crippen LogP contribution in [-0.4, -0.2) is 15.0 Å². The maximum Gasteiger partial charge on any atom is 3.00 e. The topological polar surface area (TPSA) is 38.7 Å². The maximum absolute atomic E-state index is 5.09. The normalized spacial score (nSPS) is 9.88. The molecular weight excluding hydrogens is 521 g/mol. The molecule has 0 unspecified atom stereocenters. The second kappa shape index (κ2) is 12.5. The van der Waals surface area contributed by atoms with Crippen LogP contribution < -0.4 is 0 Å². The summed E-state index contributed by atoms with van der Waals surface area (Å²) in [4.78, 5) is 15.0. The van der Waals surface area contributed by atoms with E-state index in [0.717, 1.165) is 47.4 Å². The van der Waals surface area contributed by atoms with E-state index in [-0.39, 0.29) is 16.8 Å². The third-order valence-corrected chi connectivity index (χ3v) is 5.78. The molecule has 0 atom stereocenters. The second-order valence-electron chi connectivity index (χ2n) is 6.99. The summed E-state index contributed by atoms with van der Waals surface area (Å²) in [7, 11) is 0. The fourth-order valence-corrected chi connectivity index (χ4v) is 3.98. The fraction of sp³-hybridized carbons (Fsp3) is 0. The molecule has 3 aromatic heterocycles. The summed E-state index contributed by atoms with van der Waals surface area (Å²) < 4.78 is 0. The Morgan fingerprint density at radius 3 is 0.912 bits per heavy atom. The zero-order chi connectivity index (χ0) is 23.0. The van der Waals surface area contributed by atoms with Gasteiger partial charge in [0.1, 0.15) is 0 Å². The molecule has 0 aliphatic rings. The zero-order valence-electron chi connectivity index (χ0n) is 17.8. The molecule has 0 aliphatic carbocycles. The number of nitrogens with zero attached hydrogens (tertiary/aromatic N) is 3. The molecule has 3 nitrogen and oxygen atoms in total. The molecule has 168 valence electrons.